The van der Waals surface area contributed by atoms with Crippen LogP contribution in [0.3, 0.4) is 0 Å². The van der Waals surface area contributed by atoms with Crippen LogP contribution in [0.1, 0.15) is 0 Å². The Kier molecular flexibility index (Phi) is 14.5. The molecule has 0 N–H and O–H groups in total. The van der Waals surface area contributed by atoms with E-state index in [2.05, 4.69) is 363 Å². The molecule has 0 spiro atoms. The van der Waals surface area contributed by atoms with Crippen molar-refractivity contribution in [2.75, 3.05) is 47.8 Å². The van der Waals surface area contributed by atoms with Gasteiger partial charge in [0.1, 0.15) is 0 Å². The fourth-order valence-corrected chi connectivity index (χ4v) is 18.6. The molecular formula is C90H64N4S3. The van der Waals surface area contributed by atoms with Crippen LogP contribution in [0.15, 0.2) is 345 Å². The maximum atomic E-state index is 2.35. The summed E-state index contributed by atoms with van der Waals surface area (Å²) in [4.78, 5) is 17.4. The van der Waals surface area contributed by atoms with Crippen LogP contribution in [0.5, 0.6) is 0 Å². The summed E-state index contributed by atoms with van der Waals surface area (Å²) < 4.78 is 0. The number of fused-ring (bicyclic) bond motifs is 23. The Labute approximate surface area is 577 Å². The van der Waals surface area contributed by atoms with Gasteiger partial charge in [0.25, 0.3) is 0 Å². The van der Waals surface area contributed by atoms with Gasteiger partial charge >= 0.3 is 0 Å². The molecule has 0 amide bonds. The van der Waals surface area contributed by atoms with Gasteiger partial charge in [-0.15, -0.1) is 0 Å². The molecule has 0 bridgehead atoms. The Morgan fingerprint density at radius 1 is 0.196 bits per heavy atom. The number of hydrogen-bond donors (Lipinski definition) is 0. The first-order chi connectivity index (χ1) is 47.7. The average molecular weight is 1300 g/mol. The molecule has 4 aliphatic heterocycles. The number of nitrogens with zero attached hydrogens (tertiary/aromatic N) is 4. The van der Waals surface area contributed by atoms with Gasteiger partial charge in [-0.1, -0.05) is 278 Å². The van der Waals surface area contributed by atoms with E-state index in [9.17, 15) is 0 Å². The zero-order valence-corrected chi connectivity index (χ0v) is 56.5. The van der Waals surface area contributed by atoms with E-state index in [0.717, 1.165) is 0 Å². The molecule has 0 aromatic heterocycles. The minimum absolute atomic E-state index is 1.25. The van der Waals surface area contributed by atoms with Crippen molar-refractivity contribution in [2.24, 2.45) is 0 Å². The molecule has 0 fully saturated rings. The molecule has 17 aromatic carbocycles. The second-order valence-electron chi connectivity index (χ2n) is 25.4. The second kappa shape index (κ2) is 24.1. The molecule has 0 unspecified atom stereocenters. The lowest BCUT2D eigenvalue weighted by molar-refractivity contribution is 1.12. The standard InChI is InChI=1S/C27H19N.3C21H15NS/c1-28-25-15-14-18-8-4-5-11-21(18)27(25)23-13-7-6-12-22(23)24-16-19-9-2-3-10-20(19)17-26(24)28;1-22-18-10-14-6-2-4-8-16(14)12-20(18)23-21-13-17-9-5-3-7-15(17)11-19(21)22;1-22-18-12-10-15-7-3-5-9-17(15)21(18)23-19-13-11-14-6-2-4-8-16(14)20(19)22;1-22-18-12-15-7-2-3-8-16(15)13-20(18)23-19-11-10-14-6-4-5-9-17(14)21(19)22/h2-17H,1H3;3*2-13H,1H3. The van der Waals surface area contributed by atoms with Crippen molar-refractivity contribution in [1.82, 2.24) is 0 Å². The van der Waals surface area contributed by atoms with Crippen molar-refractivity contribution in [3.05, 3.63) is 315 Å². The Bertz CT molecular complexity index is 5870. The molecule has 0 aliphatic carbocycles. The first-order valence-corrected chi connectivity index (χ1v) is 35.5. The molecule has 4 aliphatic rings. The van der Waals surface area contributed by atoms with Crippen molar-refractivity contribution in [3.8, 4) is 22.3 Å². The van der Waals surface area contributed by atoms with Crippen molar-refractivity contribution >= 4 is 167 Å². The summed E-state index contributed by atoms with van der Waals surface area (Å²) in [5.74, 6) is 0. The van der Waals surface area contributed by atoms with Crippen LogP contribution in [0.2, 0.25) is 0 Å². The molecule has 0 atom stereocenters. The first kappa shape index (κ1) is 58.6. The lowest BCUT2D eigenvalue weighted by Crippen LogP contribution is -2.15. The van der Waals surface area contributed by atoms with E-state index in [1.54, 1.807) is 0 Å². The maximum Gasteiger partial charge on any atom is 0.0629 e. The number of rotatable bonds is 0. The first-order valence-electron chi connectivity index (χ1n) is 33.0. The van der Waals surface area contributed by atoms with Gasteiger partial charge in [0.15, 0.2) is 0 Å². The van der Waals surface area contributed by atoms with E-state index in [4.69, 9.17) is 0 Å². The highest BCUT2D eigenvalue weighted by molar-refractivity contribution is 8.00. The summed E-state index contributed by atoms with van der Waals surface area (Å²) in [6.07, 6.45) is 0. The van der Waals surface area contributed by atoms with Gasteiger partial charge in [-0.3, -0.25) is 0 Å². The Balaban J connectivity index is 0.0000000944. The minimum atomic E-state index is 1.25. The van der Waals surface area contributed by atoms with Crippen LogP contribution in [0, 0.1) is 0 Å². The maximum absolute atomic E-state index is 2.35. The monoisotopic (exact) mass is 1300 g/mol. The predicted molar refractivity (Wildman–Crippen MR) is 421 cm³/mol. The zero-order valence-electron chi connectivity index (χ0n) is 54.0. The van der Waals surface area contributed by atoms with Crippen LogP contribution in [0.4, 0.5) is 45.5 Å². The Morgan fingerprint density at radius 3 is 1.02 bits per heavy atom. The van der Waals surface area contributed by atoms with E-state index >= 15 is 0 Å². The number of hydrogen-bond acceptors (Lipinski definition) is 7. The summed E-state index contributed by atoms with van der Waals surface area (Å²) in [5.41, 5.74) is 15.5. The van der Waals surface area contributed by atoms with Gasteiger partial charge in [-0.2, -0.15) is 0 Å². The number of anilines is 8. The largest absolute Gasteiger partial charge is 0.344 e. The molecule has 4 nitrogen and oxygen atoms in total. The molecule has 21 rings (SSSR count). The smallest absolute Gasteiger partial charge is 0.0629 e. The summed E-state index contributed by atoms with van der Waals surface area (Å²) in [7, 11) is 8.71. The van der Waals surface area contributed by atoms with Crippen molar-refractivity contribution < 1.29 is 0 Å². The van der Waals surface area contributed by atoms with E-state index in [1.165, 1.54) is 183 Å². The molecule has 0 radical (unpaired) electrons. The normalized spacial score (nSPS) is 12.9. The molecule has 7 heteroatoms. The van der Waals surface area contributed by atoms with E-state index < -0.39 is 0 Å². The molecule has 0 saturated carbocycles. The average Bonchev–Trinajstić information content (AvgIpc) is 0.792. The van der Waals surface area contributed by atoms with Crippen LogP contribution >= 0.6 is 35.3 Å². The van der Waals surface area contributed by atoms with Gasteiger partial charge in [0.2, 0.25) is 0 Å². The van der Waals surface area contributed by atoms with E-state index in [-0.39, 0.29) is 0 Å². The minimum Gasteiger partial charge on any atom is -0.344 e. The SMILES string of the molecule is CN1c2cc3ccccc3cc2-c2ccccc2-c2c1ccc1ccccc21.CN1c2cc3ccccc3cc2Sc2cc3ccccc3cc21.CN1c2cc3ccccc3cc2Sc2ccc3ccccc3c21.CN1c2ccc3ccccc3c2Sc2ccc3ccccc3c21. The summed E-state index contributed by atoms with van der Waals surface area (Å²) in [5, 5.41) is 20.8. The highest BCUT2D eigenvalue weighted by Crippen LogP contribution is 2.56. The van der Waals surface area contributed by atoms with Gasteiger partial charge in [-0.25, -0.2) is 0 Å². The van der Waals surface area contributed by atoms with Gasteiger partial charge in [0.05, 0.1) is 34.1 Å². The molecular weight excluding hydrogens is 1230 g/mol. The third-order valence-electron chi connectivity index (χ3n) is 19.8. The van der Waals surface area contributed by atoms with Crippen LogP contribution in [-0.2, 0) is 0 Å². The highest BCUT2D eigenvalue weighted by Gasteiger charge is 2.28. The predicted octanol–water partition coefficient (Wildman–Crippen LogP) is 26.1. The van der Waals surface area contributed by atoms with Crippen molar-refractivity contribution in [1.29, 1.82) is 0 Å². The Hall–Kier alpha value is -10.9. The number of benzene rings is 17. The molecule has 0 saturated heterocycles. The summed E-state index contributed by atoms with van der Waals surface area (Å²) in [6.45, 7) is 0. The topological polar surface area (TPSA) is 13.0 Å². The second-order valence-corrected chi connectivity index (χ2v) is 28.6. The summed E-state index contributed by atoms with van der Waals surface area (Å²) >= 11 is 5.64. The quantitative estimate of drug-likeness (QED) is 0.148. The van der Waals surface area contributed by atoms with Crippen LogP contribution < -0.4 is 19.6 Å². The van der Waals surface area contributed by atoms with Gasteiger partial charge < -0.3 is 19.6 Å². The van der Waals surface area contributed by atoms with Crippen molar-refractivity contribution in [2.45, 2.75) is 29.4 Å². The van der Waals surface area contributed by atoms with Crippen LogP contribution in [0.25, 0.3) is 108 Å². The van der Waals surface area contributed by atoms with Crippen LogP contribution in [-0.4, -0.2) is 28.2 Å². The molecule has 462 valence electrons. The van der Waals surface area contributed by atoms with E-state index in [1.807, 2.05) is 35.3 Å². The summed E-state index contributed by atoms with van der Waals surface area (Å²) in [6, 6.07) is 114. The van der Waals surface area contributed by atoms with E-state index in [0.29, 0.717) is 0 Å². The fraction of sp³-hybridized carbons (Fsp3) is 0.0444. The highest BCUT2D eigenvalue weighted by atomic mass is 32.2. The Morgan fingerprint density at radius 2 is 0.515 bits per heavy atom. The molecule has 17 aromatic rings. The van der Waals surface area contributed by atoms with Gasteiger partial charge in [-0.05, 0) is 159 Å². The lowest BCUT2D eigenvalue weighted by atomic mass is 9.91. The third kappa shape index (κ3) is 10.2. The molecule has 97 heavy (non-hydrogen) atoms. The van der Waals surface area contributed by atoms with Gasteiger partial charge in [0, 0.05) is 90.8 Å². The third-order valence-corrected chi connectivity index (χ3v) is 23.2. The van der Waals surface area contributed by atoms with Crippen molar-refractivity contribution in [3.63, 3.8) is 0 Å². The fourth-order valence-electron chi connectivity index (χ4n) is 14.9. The zero-order chi connectivity index (χ0) is 64.8. The molecule has 4 heterocycles. The lowest BCUT2D eigenvalue weighted by Gasteiger charge is -2.31.